The standard InChI is InChI=1S/C18H15BrClN3O3/c1-11(25-15-8-3-2-7-14(15)20)18(24)21-10-16-22-17(23-26-16)12-5-4-6-13(19)9-12/h2-9,11H,10H2,1H3,(H,21,24)/t11-/m0/s1. The number of ether oxygens (including phenoxy) is 1. The molecule has 3 rings (SSSR count). The average molecular weight is 437 g/mol. The maximum absolute atomic E-state index is 12.2. The molecular weight excluding hydrogens is 422 g/mol. The monoisotopic (exact) mass is 435 g/mol. The van der Waals surface area contributed by atoms with Crippen LogP contribution in [0.5, 0.6) is 5.75 Å². The van der Waals surface area contributed by atoms with Crippen LogP contribution in [-0.4, -0.2) is 22.2 Å². The fourth-order valence-corrected chi connectivity index (χ4v) is 2.74. The van der Waals surface area contributed by atoms with E-state index < -0.39 is 6.10 Å². The highest BCUT2D eigenvalue weighted by atomic mass is 79.9. The molecule has 0 aliphatic carbocycles. The number of aromatic nitrogens is 2. The van der Waals surface area contributed by atoms with E-state index in [4.69, 9.17) is 20.9 Å². The third-order valence-electron chi connectivity index (χ3n) is 3.47. The molecule has 1 amide bonds. The number of carbonyl (C=O) groups is 1. The van der Waals surface area contributed by atoms with Crippen molar-refractivity contribution in [2.24, 2.45) is 0 Å². The third kappa shape index (κ3) is 4.62. The van der Waals surface area contributed by atoms with Gasteiger partial charge >= 0.3 is 0 Å². The molecule has 0 spiro atoms. The van der Waals surface area contributed by atoms with E-state index >= 15 is 0 Å². The Morgan fingerprint density at radius 1 is 1.31 bits per heavy atom. The molecule has 134 valence electrons. The van der Waals surface area contributed by atoms with Crippen LogP contribution in [-0.2, 0) is 11.3 Å². The van der Waals surface area contributed by atoms with E-state index in [0.717, 1.165) is 10.0 Å². The molecule has 0 saturated carbocycles. The SMILES string of the molecule is C[C@H](Oc1ccccc1Cl)C(=O)NCc1nc(-c2cccc(Br)c2)no1. The van der Waals surface area contributed by atoms with Gasteiger partial charge in [0, 0.05) is 10.0 Å². The van der Waals surface area contributed by atoms with Crippen molar-refractivity contribution in [3.05, 3.63) is 63.9 Å². The fraction of sp³-hybridized carbons (Fsp3) is 0.167. The van der Waals surface area contributed by atoms with Crippen molar-refractivity contribution in [3.63, 3.8) is 0 Å². The summed E-state index contributed by atoms with van der Waals surface area (Å²) >= 11 is 9.42. The summed E-state index contributed by atoms with van der Waals surface area (Å²) in [7, 11) is 0. The number of benzene rings is 2. The summed E-state index contributed by atoms with van der Waals surface area (Å²) in [5.74, 6) is 0.896. The summed E-state index contributed by atoms with van der Waals surface area (Å²) in [6.45, 7) is 1.75. The molecule has 0 radical (unpaired) electrons. The second kappa shape index (κ2) is 8.33. The van der Waals surface area contributed by atoms with Crippen LogP contribution < -0.4 is 10.1 Å². The predicted octanol–water partition coefficient (Wildman–Crippen LogP) is 4.24. The van der Waals surface area contributed by atoms with Gasteiger partial charge in [-0.15, -0.1) is 0 Å². The number of hydrogen-bond donors (Lipinski definition) is 1. The number of nitrogens with zero attached hydrogens (tertiary/aromatic N) is 2. The molecule has 0 unspecified atom stereocenters. The van der Waals surface area contributed by atoms with Gasteiger partial charge in [-0.05, 0) is 31.2 Å². The van der Waals surface area contributed by atoms with Crippen LogP contribution in [0.15, 0.2) is 57.5 Å². The highest BCUT2D eigenvalue weighted by Crippen LogP contribution is 2.24. The molecule has 0 bridgehead atoms. The fourth-order valence-electron chi connectivity index (χ4n) is 2.16. The Hall–Kier alpha value is -2.38. The first kappa shape index (κ1) is 18.4. The molecule has 0 fully saturated rings. The zero-order chi connectivity index (χ0) is 18.5. The number of rotatable bonds is 6. The quantitative estimate of drug-likeness (QED) is 0.625. The van der Waals surface area contributed by atoms with E-state index in [0.29, 0.717) is 22.5 Å². The zero-order valence-corrected chi connectivity index (χ0v) is 16.1. The Balaban J connectivity index is 1.57. The molecule has 0 aliphatic heterocycles. The van der Waals surface area contributed by atoms with Crippen molar-refractivity contribution >= 4 is 33.4 Å². The third-order valence-corrected chi connectivity index (χ3v) is 4.28. The molecule has 0 saturated heterocycles. The smallest absolute Gasteiger partial charge is 0.261 e. The first-order valence-electron chi connectivity index (χ1n) is 7.80. The molecule has 8 heteroatoms. The zero-order valence-electron chi connectivity index (χ0n) is 13.8. The molecule has 26 heavy (non-hydrogen) atoms. The summed E-state index contributed by atoms with van der Waals surface area (Å²) in [4.78, 5) is 16.5. The topological polar surface area (TPSA) is 77.2 Å². The molecule has 6 nitrogen and oxygen atoms in total. The van der Waals surface area contributed by atoms with Crippen molar-refractivity contribution < 1.29 is 14.1 Å². The van der Waals surface area contributed by atoms with Gasteiger partial charge in [0.1, 0.15) is 5.75 Å². The minimum absolute atomic E-state index is 0.107. The number of nitrogens with one attached hydrogen (secondary N) is 1. The minimum Gasteiger partial charge on any atom is -0.479 e. The molecule has 1 heterocycles. The molecule has 3 aromatic rings. The maximum Gasteiger partial charge on any atom is 0.261 e. The van der Waals surface area contributed by atoms with Gasteiger partial charge < -0.3 is 14.6 Å². The Morgan fingerprint density at radius 2 is 2.12 bits per heavy atom. The summed E-state index contributed by atoms with van der Waals surface area (Å²) in [6, 6.07) is 14.5. The lowest BCUT2D eigenvalue weighted by Crippen LogP contribution is -2.36. The highest BCUT2D eigenvalue weighted by Gasteiger charge is 2.17. The predicted molar refractivity (Wildman–Crippen MR) is 101 cm³/mol. The van der Waals surface area contributed by atoms with Crippen LogP contribution in [0.25, 0.3) is 11.4 Å². The molecule has 1 N–H and O–H groups in total. The molecule has 2 aromatic carbocycles. The van der Waals surface area contributed by atoms with Crippen molar-refractivity contribution in [3.8, 4) is 17.1 Å². The number of amides is 1. The van der Waals surface area contributed by atoms with Crippen molar-refractivity contribution in [1.29, 1.82) is 0 Å². The van der Waals surface area contributed by atoms with Crippen LogP contribution in [0.4, 0.5) is 0 Å². The second-order valence-electron chi connectivity index (χ2n) is 5.43. The second-order valence-corrected chi connectivity index (χ2v) is 6.75. The lowest BCUT2D eigenvalue weighted by Gasteiger charge is -2.14. The highest BCUT2D eigenvalue weighted by molar-refractivity contribution is 9.10. The van der Waals surface area contributed by atoms with Gasteiger partial charge in [-0.25, -0.2) is 0 Å². The van der Waals surface area contributed by atoms with Gasteiger partial charge in [0.15, 0.2) is 6.10 Å². The van der Waals surface area contributed by atoms with E-state index in [-0.39, 0.29) is 12.5 Å². The van der Waals surface area contributed by atoms with E-state index in [2.05, 4.69) is 31.4 Å². The summed E-state index contributed by atoms with van der Waals surface area (Å²) in [5.41, 5.74) is 0.816. The van der Waals surface area contributed by atoms with E-state index in [1.807, 2.05) is 24.3 Å². The van der Waals surface area contributed by atoms with E-state index in [1.165, 1.54) is 0 Å². The van der Waals surface area contributed by atoms with Gasteiger partial charge in [0.05, 0.1) is 11.6 Å². The lowest BCUT2D eigenvalue weighted by atomic mass is 10.2. The lowest BCUT2D eigenvalue weighted by molar-refractivity contribution is -0.127. The van der Waals surface area contributed by atoms with Crippen LogP contribution in [0, 0.1) is 0 Å². The van der Waals surface area contributed by atoms with Gasteiger partial charge in [-0.2, -0.15) is 4.98 Å². The van der Waals surface area contributed by atoms with Crippen LogP contribution in [0.1, 0.15) is 12.8 Å². The molecule has 0 aliphatic rings. The van der Waals surface area contributed by atoms with Gasteiger partial charge in [-0.1, -0.05) is 57.0 Å². The number of halogens is 2. The number of carbonyl (C=O) groups excluding carboxylic acids is 1. The Kier molecular flexibility index (Phi) is 5.90. The Morgan fingerprint density at radius 3 is 2.88 bits per heavy atom. The van der Waals surface area contributed by atoms with Crippen molar-refractivity contribution in [2.75, 3.05) is 0 Å². The van der Waals surface area contributed by atoms with E-state index in [9.17, 15) is 4.79 Å². The average Bonchev–Trinajstić information content (AvgIpc) is 3.10. The normalized spacial score (nSPS) is 11.8. The Labute approximate surface area is 163 Å². The van der Waals surface area contributed by atoms with Crippen LogP contribution >= 0.6 is 27.5 Å². The van der Waals surface area contributed by atoms with Crippen molar-refractivity contribution in [1.82, 2.24) is 15.5 Å². The first-order valence-corrected chi connectivity index (χ1v) is 8.97. The molecule has 1 atom stereocenters. The van der Waals surface area contributed by atoms with Crippen LogP contribution in [0.2, 0.25) is 5.02 Å². The molecular formula is C18H15BrClN3O3. The van der Waals surface area contributed by atoms with Crippen molar-refractivity contribution in [2.45, 2.75) is 19.6 Å². The molecule has 1 aromatic heterocycles. The Bertz CT molecular complexity index is 916. The largest absolute Gasteiger partial charge is 0.479 e. The van der Waals surface area contributed by atoms with Gasteiger partial charge in [0.25, 0.3) is 5.91 Å². The summed E-state index contributed by atoms with van der Waals surface area (Å²) in [5, 5.41) is 7.07. The van der Waals surface area contributed by atoms with E-state index in [1.54, 1.807) is 31.2 Å². The minimum atomic E-state index is -0.720. The summed E-state index contributed by atoms with van der Waals surface area (Å²) in [6.07, 6.45) is -0.720. The summed E-state index contributed by atoms with van der Waals surface area (Å²) < 4.78 is 11.7. The maximum atomic E-state index is 12.2. The van der Waals surface area contributed by atoms with Gasteiger partial charge in [0.2, 0.25) is 11.7 Å². The van der Waals surface area contributed by atoms with Crippen LogP contribution in [0.3, 0.4) is 0 Å². The van der Waals surface area contributed by atoms with Gasteiger partial charge in [-0.3, -0.25) is 4.79 Å². The first-order chi connectivity index (χ1) is 12.5. The number of para-hydroxylation sites is 1. The number of hydrogen-bond acceptors (Lipinski definition) is 5.